The maximum absolute atomic E-state index is 12.1. The second kappa shape index (κ2) is 7.07. The molecule has 0 fully saturated rings. The monoisotopic (exact) mass is 354 g/mol. The largest absolute Gasteiger partial charge is 0.350 e. The van der Waals surface area contributed by atoms with Crippen LogP contribution in [0.2, 0.25) is 0 Å². The molecule has 128 valence electrons. The lowest BCUT2D eigenvalue weighted by molar-refractivity contribution is 0.785. The fourth-order valence-electron chi connectivity index (χ4n) is 2.47. The van der Waals surface area contributed by atoms with Crippen LogP contribution in [0.5, 0.6) is 0 Å². The molecule has 0 aliphatic carbocycles. The van der Waals surface area contributed by atoms with Crippen LogP contribution in [-0.4, -0.2) is 24.6 Å². The number of fused-ring (bicyclic) bond motifs is 1. The number of hydrogen-bond donors (Lipinski definition) is 1. The van der Waals surface area contributed by atoms with Gasteiger partial charge < -0.3 is 0 Å². The van der Waals surface area contributed by atoms with Crippen LogP contribution in [-0.2, 0) is 12.2 Å². The summed E-state index contributed by atoms with van der Waals surface area (Å²) in [5, 5.41) is 13.4. The molecular weight excluding hydrogens is 336 g/mol. The second-order valence-corrected chi connectivity index (χ2v) is 6.86. The van der Waals surface area contributed by atoms with E-state index in [1.54, 1.807) is 0 Å². The molecule has 0 amide bonds. The van der Waals surface area contributed by atoms with Crippen molar-refractivity contribution >= 4 is 17.4 Å². The Labute approximate surface area is 149 Å². The number of aromatic amines is 1. The first-order chi connectivity index (χ1) is 12.0. The standard InChI is InChI=1S/C17H18N6OS/c1-4-13-11(5-6-14(20-13)10(2)3)9-25-16-21-15-12(7-18)8-19-23(15)17(24)22-16/h5-6,8,10H,4,9H2,1-3H3,(H,21,22,24). The summed E-state index contributed by atoms with van der Waals surface area (Å²) in [4.78, 5) is 23.8. The van der Waals surface area contributed by atoms with Crippen LogP contribution in [0.25, 0.3) is 5.65 Å². The number of rotatable bonds is 5. The van der Waals surface area contributed by atoms with Crippen LogP contribution in [0.15, 0.2) is 28.3 Å². The van der Waals surface area contributed by atoms with Crippen LogP contribution in [0.4, 0.5) is 0 Å². The number of nitrogens with one attached hydrogen (secondary N) is 1. The molecule has 25 heavy (non-hydrogen) atoms. The Kier molecular flexibility index (Phi) is 4.86. The Hall–Kier alpha value is -2.66. The SMILES string of the molecule is CCc1nc(C(C)C)ccc1CSc1nc2c(C#N)cnn2c(=O)[nH]1. The van der Waals surface area contributed by atoms with Gasteiger partial charge in [0.15, 0.2) is 10.8 Å². The molecule has 0 bridgehead atoms. The lowest BCUT2D eigenvalue weighted by Crippen LogP contribution is -2.19. The molecule has 0 saturated carbocycles. The van der Waals surface area contributed by atoms with E-state index in [1.165, 1.54) is 18.0 Å². The molecule has 3 heterocycles. The third-order valence-corrected chi connectivity index (χ3v) is 4.78. The number of hydrogen-bond acceptors (Lipinski definition) is 6. The van der Waals surface area contributed by atoms with Crippen molar-refractivity contribution in [2.45, 2.75) is 44.0 Å². The Morgan fingerprint density at radius 2 is 2.16 bits per heavy atom. The Balaban J connectivity index is 1.88. The van der Waals surface area contributed by atoms with Crippen molar-refractivity contribution in [3.63, 3.8) is 0 Å². The summed E-state index contributed by atoms with van der Waals surface area (Å²) in [7, 11) is 0. The molecular formula is C17H18N6OS. The second-order valence-electron chi connectivity index (χ2n) is 5.89. The van der Waals surface area contributed by atoms with Gasteiger partial charge in [-0.1, -0.05) is 38.6 Å². The van der Waals surface area contributed by atoms with Gasteiger partial charge in [-0.3, -0.25) is 9.97 Å². The van der Waals surface area contributed by atoms with Crippen LogP contribution in [0.3, 0.4) is 0 Å². The lowest BCUT2D eigenvalue weighted by atomic mass is 10.1. The van der Waals surface area contributed by atoms with Gasteiger partial charge in [0.25, 0.3) is 0 Å². The lowest BCUT2D eigenvalue weighted by Gasteiger charge is -2.11. The molecule has 3 rings (SSSR count). The van der Waals surface area contributed by atoms with E-state index < -0.39 is 5.69 Å². The van der Waals surface area contributed by atoms with E-state index in [9.17, 15) is 4.79 Å². The number of aryl methyl sites for hydroxylation is 1. The molecule has 3 aromatic rings. The quantitative estimate of drug-likeness (QED) is 0.707. The van der Waals surface area contributed by atoms with E-state index in [0.29, 0.717) is 16.8 Å². The summed E-state index contributed by atoms with van der Waals surface area (Å²) in [5.41, 5.74) is 3.41. The number of thioether (sulfide) groups is 1. The van der Waals surface area contributed by atoms with Gasteiger partial charge in [-0.25, -0.2) is 9.78 Å². The molecule has 0 aromatic carbocycles. The summed E-state index contributed by atoms with van der Waals surface area (Å²) < 4.78 is 1.10. The van der Waals surface area contributed by atoms with Gasteiger partial charge in [0.2, 0.25) is 0 Å². The van der Waals surface area contributed by atoms with Gasteiger partial charge in [-0.15, -0.1) is 0 Å². The van der Waals surface area contributed by atoms with Crippen molar-refractivity contribution in [1.82, 2.24) is 24.6 Å². The minimum Gasteiger partial charge on any atom is -0.285 e. The molecule has 0 atom stereocenters. The molecule has 0 spiro atoms. The van der Waals surface area contributed by atoms with Gasteiger partial charge in [0.1, 0.15) is 11.6 Å². The highest BCUT2D eigenvalue weighted by Crippen LogP contribution is 2.23. The first-order valence-electron chi connectivity index (χ1n) is 8.03. The average Bonchev–Trinajstić information content (AvgIpc) is 3.03. The van der Waals surface area contributed by atoms with Crippen LogP contribution < -0.4 is 5.69 Å². The van der Waals surface area contributed by atoms with E-state index in [-0.39, 0.29) is 11.2 Å². The third-order valence-electron chi connectivity index (χ3n) is 3.86. The fourth-order valence-corrected chi connectivity index (χ4v) is 3.33. The maximum atomic E-state index is 12.1. The zero-order valence-corrected chi connectivity index (χ0v) is 15.1. The normalized spacial score (nSPS) is 11.2. The topological polar surface area (TPSA) is 99.7 Å². The zero-order chi connectivity index (χ0) is 18.0. The molecule has 0 radical (unpaired) electrons. The van der Waals surface area contributed by atoms with E-state index in [2.05, 4.69) is 41.9 Å². The molecule has 0 unspecified atom stereocenters. The summed E-state index contributed by atoms with van der Waals surface area (Å²) in [6.07, 6.45) is 2.19. The van der Waals surface area contributed by atoms with Crippen LogP contribution >= 0.6 is 11.8 Å². The molecule has 7 nitrogen and oxygen atoms in total. The average molecular weight is 354 g/mol. The first kappa shape index (κ1) is 17.2. The van der Waals surface area contributed by atoms with Crippen molar-refractivity contribution in [3.05, 3.63) is 51.3 Å². The van der Waals surface area contributed by atoms with Crippen LogP contribution in [0.1, 0.15) is 49.2 Å². The van der Waals surface area contributed by atoms with E-state index in [1.807, 2.05) is 12.1 Å². The Morgan fingerprint density at radius 3 is 2.84 bits per heavy atom. The number of nitrogens with zero attached hydrogens (tertiary/aromatic N) is 5. The van der Waals surface area contributed by atoms with Gasteiger partial charge >= 0.3 is 5.69 Å². The van der Waals surface area contributed by atoms with Gasteiger partial charge in [-0.05, 0) is 24.0 Å². The number of H-pyrrole nitrogens is 1. The highest BCUT2D eigenvalue weighted by atomic mass is 32.2. The molecule has 8 heteroatoms. The van der Waals surface area contributed by atoms with Gasteiger partial charge in [0, 0.05) is 17.1 Å². The number of aromatic nitrogens is 5. The highest BCUT2D eigenvalue weighted by molar-refractivity contribution is 7.98. The van der Waals surface area contributed by atoms with Crippen molar-refractivity contribution in [3.8, 4) is 6.07 Å². The molecule has 1 N–H and O–H groups in total. The van der Waals surface area contributed by atoms with E-state index in [0.717, 1.165) is 27.9 Å². The number of nitriles is 1. The van der Waals surface area contributed by atoms with Gasteiger partial charge in [-0.2, -0.15) is 14.9 Å². The Bertz CT molecular complexity index is 1010. The minimum atomic E-state index is -0.405. The summed E-state index contributed by atoms with van der Waals surface area (Å²) in [5.74, 6) is 1.03. The zero-order valence-electron chi connectivity index (χ0n) is 14.3. The first-order valence-corrected chi connectivity index (χ1v) is 9.01. The number of pyridine rings is 1. The summed E-state index contributed by atoms with van der Waals surface area (Å²) in [6, 6.07) is 6.13. The summed E-state index contributed by atoms with van der Waals surface area (Å²) in [6.45, 7) is 6.33. The fraction of sp³-hybridized carbons (Fsp3) is 0.353. The minimum absolute atomic E-state index is 0.276. The molecule has 0 saturated heterocycles. The maximum Gasteiger partial charge on any atom is 0.350 e. The molecule has 0 aliphatic heterocycles. The van der Waals surface area contributed by atoms with Crippen molar-refractivity contribution < 1.29 is 0 Å². The molecule has 0 aliphatic rings. The Morgan fingerprint density at radius 1 is 1.36 bits per heavy atom. The van der Waals surface area contributed by atoms with E-state index >= 15 is 0 Å². The highest BCUT2D eigenvalue weighted by Gasteiger charge is 2.12. The summed E-state index contributed by atoms with van der Waals surface area (Å²) >= 11 is 1.41. The molecule has 3 aromatic heterocycles. The predicted octanol–water partition coefficient (Wildman–Crippen LogP) is 2.66. The van der Waals surface area contributed by atoms with Crippen molar-refractivity contribution in [2.24, 2.45) is 0 Å². The smallest absolute Gasteiger partial charge is 0.285 e. The van der Waals surface area contributed by atoms with Crippen molar-refractivity contribution in [1.29, 1.82) is 5.26 Å². The van der Waals surface area contributed by atoms with Crippen molar-refractivity contribution in [2.75, 3.05) is 0 Å². The predicted molar refractivity (Wildman–Crippen MR) is 95.6 cm³/mol. The third kappa shape index (κ3) is 3.42. The van der Waals surface area contributed by atoms with Gasteiger partial charge in [0.05, 0.1) is 6.20 Å². The van der Waals surface area contributed by atoms with E-state index in [4.69, 9.17) is 10.2 Å². The van der Waals surface area contributed by atoms with Crippen LogP contribution in [0, 0.1) is 11.3 Å².